The van der Waals surface area contributed by atoms with Crippen LogP contribution in [0.5, 0.6) is 0 Å². The molecule has 5 atom stereocenters. The third-order valence-corrected chi connectivity index (χ3v) is 8.36. The molecule has 2 heterocycles. The minimum Gasteiger partial charge on any atom is -0.457 e. The van der Waals surface area contributed by atoms with E-state index in [0.29, 0.717) is 6.42 Å². The number of aliphatic hydroxyl groups is 2. The van der Waals surface area contributed by atoms with Gasteiger partial charge < -0.3 is 14.9 Å². The molecule has 192 valence electrons. The maximum absolute atomic E-state index is 13.2. The fraction of sp³-hybridized carbons (Fsp3) is 0.607. The van der Waals surface area contributed by atoms with Gasteiger partial charge in [-0.1, -0.05) is 45.4 Å². The number of aliphatic hydroxyl groups excluding tert-OH is 2. The number of esters is 1. The van der Waals surface area contributed by atoms with Gasteiger partial charge in [0.15, 0.2) is 0 Å². The normalized spacial score (nSPS) is 29.6. The molecule has 6 nitrogen and oxygen atoms in total. The van der Waals surface area contributed by atoms with Gasteiger partial charge in [0.1, 0.15) is 11.9 Å². The Kier molecular flexibility index (Phi) is 8.89. The van der Waals surface area contributed by atoms with Gasteiger partial charge in [-0.05, 0) is 56.7 Å². The molecule has 1 aromatic carbocycles. The maximum Gasteiger partial charge on any atom is 0.309 e. The highest BCUT2D eigenvalue weighted by Gasteiger charge is 2.42. The first-order valence-corrected chi connectivity index (χ1v) is 13.3. The summed E-state index contributed by atoms with van der Waals surface area (Å²) in [5.41, 5.74) is 1.73. The molecule has 7 heteroatoms. The first-order valence-electron chi connectivity index (χ1n) is 12.5. The van der Waals surface area contributed by atoms with Crippen LogP contribution in [0, 0.1) is 24.2 Å². The molecule has 35 heavy (non-hydrogen) atoms. The summed E-state index contributed by atoms with van der Waals surface area (Å²) in [4.78, 5) is 30.7. The van der Waals surface area contributed by atoms with Crippen molar-refractivity contribution in [2.75, 3.05) is 0 Å². The molecule has 1 aromatic heterocycles. The molecule has 3 rings (SSSR count). The number of carbonyl (C=O) groups is 2. The van der Waals surface area contributed by atoms with Gasteiger partial charge in [-0.2, -0.15) is 0 Å². The number of carbonyl (C=O) groups excluding carboxylic acids is 2. The van der Waals surface area contributed by atoms with Crippen LogP contribution < -0.4 is 0 Å². The minimum absolute atomic E-state index is 0.0476. The van der Waals surface area contributed by atoms with E-state index < -0.39 is 35.6 Å². The summed E-state index contributed by atoms with van der Waals surface area (Å²) < 4.78 is 6.96. The zero-order valence-electron chi connectivity index (χ0n) is 21.7. The van der Waals surface area contributed by atoms with Gasteiger partial charge in [-0.15, -0.1) is 11.3 Å². The molecule has 0 fully saturated rings. The lowest BCUT2D eigenvalue weighted by Gasteiger charge is -2.34. The predicted octanol–water partition coefficient (Wildman–Crippen LogP) is 5.69. The molecule has 1 aliphatic rings. The standard InChI is InChI=1S/C28H39NO5S/c1-16-8-7-9-17(2)26(32)18(3)27(33)28(5,6)24(30)15-25(31)34-22(12-10-16)20-11-13-23-21(14-20)29-19(4)35-23/h10-11,13-14,17-18,22,24,26,30,32H,7-9,12,15H2,1-6H3. The Morgan fingerprint density at radius 1 is 1.14 bits per heavy atom. The van der Waals surface area contributed by atoms with Crippen LogP contribution in [0.25, 0.3) is 10.2 Å². The van der Waals surface area contributed by atoms with Crippen molar-refractivity contribution in [1.82, 2.24) is 4.98 Å². The van der Waals surface area contributed by atoms with Gasteiger partial charge in [0.2, 0.25) is 0 Å². The van der Waals surface area contributed by atoms with E-state index in [1.54, 1.807) is 32.1 Å². The summed E-state index contributed by atoms with van der Waals surface area (Å²) in [6, 6.07) is 5.93. The van der Waals surface area contributed by atoms with Gasteiger partial charge in [0.25, 0.3) is 0 Å². The number of nitrogens with zero attached hydrogens (tertiary/aromatic N) is 1. The summed E-state index contributed by atoms with van der Waals surface area (Å²) in [5, 5.41) is 22.6. The molecule has 0 saturated carbocycles. The molecule has 0 spiro atoms. The molecule has 0 amide bonds. The molecule has 0 saturated heterocycles. The molecule has 2 aromatic rings. The first kappa shape index (κ1) is 27.5. The molecule has 0 radical (unpaired) electrons. The number of fused-ring (bicyclic) bond motifs is 1. The topological polar surface area (TPSA) is 96.7 Å². The molecule has 0 aliphatic carbocycles. The number of ether oxygens (including phenoxy) is 1. The van der Waals surface area contributed by atoms with Crippen LogP contribution in [-0.4, -0.2) is 39.2 Å². The van der Waals surface area contributed by atoms with Crippen LogP contribution in [0.15, 0.2) is 29.8 Å². The second-order valence-electron chi connectivity index (χ2n) is 10.7. The average Bonchev–Trinajstić information content (AvgIpc) is 3.18. The number of ketones is 1. The number of thiazole rings is 1. The van der Waals surface area contributed by atoms with Crippen molar-refractivity contribution in [2.24, 2.45) is 17.3 Å². The third-order valence-electron chi connectivity index (χ3n) is 7.41. The number of aryl methyl sites for hydroxylation is 1. The lowest BCUT2D eigenvalue weighted by atomic mass is 9.73. The van der Waals surface area contributed by atoms with Gasteiger partial charge in [-0.3, -0.25) is 9.59 Å². The first-order chi connectivity index (χ1) is 16.4. The maximum atomic E-state index is 13.2. The smallest absolute Gasteiger partial charge is 0.309 e. The van der Waals surface area contributed by atoms with E-state index in [-0.39, 0.29) is 18.1 Å². The van der Waals surface area contributed by atoms with Crippen LogP contribution in [0.1, 0.15) is 83.4 Å². The van der Waals surface area contributed by atoms with Crippen molar-refractivity contribution >= 4 is 33.3 Å². The van der Waals surface area contributed by atoms with Crippen LogP contribution in [-0.2, 0) is 14.3 Å². The van der Waals surface area contributed by atoms with Crippen LogP contribution in [0.2, 0.25) is 0 Å². The second kappa shape index (κ2) is 11.3. The summed E-state index contributed by atoms with van der Waals surface area (Å²) in [7, 11) is 0. The Hall–Kier alpha value is -2.09. The molecule has 5 unspecified atom stereocenters. The largest absolute Gasteiger partial charge is 0.457 e. The number of aromatic nitrogens is 1. The van der Waals surface area contributed by atoms with Crippen molar-refractivity contribution in [3.05, 3.63) is 40.4 Å². The molecular formula is C28H39NO5S. The highest BCUT2D eigenvalue weighted by Crippen LogP contribution is 2.34. The van der Waals surface area contributed by atoms with Crippen molar-refractivity contribution < 1.29 is 24.5 Å². The third kappa shape index (κ3) is 6.57. The Morgan fingerprint density at radius 3 is 2.57 bits per heavy atom. The van der Waals surface area contributed by atoms with E-state index >= 15 is 0 Å². The number of cyclic esters (lactones) is 1. The zero-order valence-corrected chi connectivity index (χ0v) is 22.5. The molecule has 2 N–H and O–H groups in total. The number of Topliss-reactive ketones (excluding diaryl/α,β-unsaturated/α-hetero) is 1. The predicted molar refractivity (Wildman–Crippen MR) is 139 cm³/mol. The number of allylic oxidation sites excluding steroid dienone is 1. The Morgan fingerprint density at radius 2 is 1.86 bits per heavy atom. The number of hydrogen-bond donors (Lipinski definition) is 2. The second-order valence-corrected chi connectivity index (χ2v) is 11.9. The van der Waals surface area contributed by atoms with E-state index in [1.165, 1.54) is 5.57 Å². The van der Waals surface area contributed by atoms with Crippen molar-refractivity contribution in [3.8, 4) is 0 Å². The highest BCUT2D eigenvalue weighted by atomic mass is 32.1. The Bertz CT molecular complexity index is 1090. The number of rotatable bonds is 1. The number of benzene rings is 1. The summed E-state index contributed by atoms with van der Waals surface area (Å²) >= 11 is 1.62. The highest BCUT2D eigenvalue weighted by molar-refractivity contribution is 7.18. The molecular weight excluding hydrogens is 462 g/mol. The Balaban J connectivity index is 1.91. The van der Waals surface area contributed by atoms with Crippen molar-refractivity contribution in [2.45, 2.75) is 92.0 Å². The van der Waals surface area contributed by atoms with Crippen LogP contribution >= 0.6 is 11.3 Å². The van der Waals surface area contributed by atoms with E-state index in [1.807, 2.05) is 32.0 Å². The Labute approximate surface area is 212 Å². The minimum atomic E-state index is -1.22. The van der Waals surface area contributed by atoms with Gasteiger partial charge in [0.05, 0.1) is 39.3 Å². The fourth-order valence-corrected chi connectivity index (χ4v) is 5.62. The van der Waals surface area contributed by atoms with E-state index in [0.717, 1.165) is 40.1 Å². The summed E-state index contributed by atoms with van der Waals surface area (Å²) in [6.45, 7) is 11.0. The van der Waals surface area contributed by atoms with Crippen molar-refractivity contribution in [1.29, 1.82) is 0 Å². The molecule has 1 aliphatic heterocycles. The SMILES string of the molecule is CC1=CCC(c2ccc3sc(C)nc3c2)OC(=O)CC(O)C(C)(C)C(=O)C(C)C(O)C(C)CCC1. The van der Waals surface area contributed by atoms with E-state index in [4.69, 9.17) is 4.74 Å². The van der Waals surface area contributed by atoms with Gasteiger partial charge >= 0.3 is 5.97 Å². The van der Waals surface area contributed by atoms with Crippen molar-refractivity contribution in [3.63, 3.8) is 0 Å². The van der Waals surface area contributed by atoms with E-state index in [2.05, 4.69) is 18.0 Å². The lowest BCUT2D eigenvalue weighted by Crippen LogP contribution is -2.45. The summed E-state index contributed by atoms with van der Waals surface area (Å²) in [5.74, 6) is -1.50. The monoisotopic (exact) mass is 501 g/mol. The molecule has 0 bridgehead atoms. The van der Waals surface area contributed by atoms with Gasteiger partial charge in [-0.25, -0.2) is 4.98 Å². The van der Waals surface area contributed by atoms with Gasteiger partial charge in [0, 0.05) is 12.3 Å². The summed E-state index contributed by atoms with van der Waals surface area (Å²) in [6.07, 6.45) is 2.35. The lowest BCUT2D eigenvalue weighted by molar-refractivity contribution is -0.155. The average molecular weight is 502 g/mol. The van der Waals surface area contributed by atoms with Crippen LogP contribution in [0.3, 0.4) is 0 Å². The zero-order chi connectivity index (χ0) is 25.9. The fourth-order valence-electron chi connectivity index (χ4n) is 4.81. The quantitative estimate of drug-likeness (QED) is 0.385. The van der Waals surface area contributed by atoms with E-state index in [9.17, 15) is 19.8 Å². The van der Waals surface area contributed by atoms with Crippen LogP contribution in [0.4, 0.5) is 0 Å². The number of hydrogen-bond acceptors (Lipinski definition) is 7.